The fraction of sp³-hybridized carbons (Fsp3) is 0.238. The predicted octanol–water partition coefficient (Wildman–Crippen LogP) is 4.70. The molecule has 0 fully saturated rings. The number of Topliss-reactive ketones (excluding diaryl/α,β-unsaturated/α-hetero) is 1. The maximum absolute atomic E-state index is 12.7. The third kappa shape index (κ3) is 4.57. The number of aryl methyl sites for hydroxylation is 1. The lowest BCUT2D eigenvalue weighted by atomic mass is 10.0. The maximum Gasteiger partial charge on any atom is 0.344 e. The zero-order valence-corrected chi connectivity index (χ0v) is 16.8. The highest BCUT2D eigenvalue weighted by molar-refractivity contribution is 9.10. The van der Waals surface area contributed by atoms with E-state index >= 15 is 0 Å². The molecule has 3 rings (SSSR count). The number of ketones is 1. The Morgan fingerprint density at radius 2 is 2.04 bits per heavy atom. The molecule has 27 heavy (non-hydrogen) atoms. The Morgan fingerprint density at radius 3 is 2.74 bits per heavy atom. The fourth-order valence-corrected chi connectivity index (χ4v) is 3.16. The van der Waals surface area contributed by atoms with Crippen molar-refractivity contribution in [3.05, 3.63) is 63.3 Å². The second-order valence-electron chi connectivity index (χ2n) is 6.44. The van der Waals surface area contributed by atoms with E-state index in [0.29, 0.717) is 17.1 Å². The van der Waals surface area contributed by atoms with Crippen LogP contribution in [-0.4, -0.2) is 24.5 Å². The largest absolute Gasteiger partial charge is 0.482 e. The van der Waals surface area contributed by atoms with Gasteiger partial charge < -0.3 is 14.2 Å². The van der Waals surface area contributed by atoms with Crippen molar-refractivity contribution in [2.75, 3.05) is 6.61 Å². The van der Waals surface area contributed by atoms with E-state index in [1.165, 1.54) is 0 Å². The molecular weight excluding hydrogens is 412 g/mol. The molecule has 0 saturated carbocycles. The van der Waals surface area contributed by atoms with Crippen molar-refractivity contribution >= 4 is 33.8 Å². The molecule has 0 spiro atoms. The molecule has 0 aromatic heterocycles. The first-order chi connectivity index (χ1) is 12.8. The van der Waals surface area contributed by atoms with Crippen LogP contribution in [0.3, 0.4) is 0 Å². The van der Waals surface area contributed by atoms with E-state index in [-0.39, 0.29) is 24.3 Å². The monoisotopic (exact) mass is 430 g/mol. The lowest BCUT2D eigenvalue weighted by Crippen LogP contribution is -2.18. The Hall–Kier alpha value is -2.60. The molecule has 6 heteroatoms. The van der Waals surface area contributed by atoms with E-state index in [0.717, 1.165) is 15.6 Å². The Bertz CT molecular complexity index is 930. The maximum atomic E-state index is 12.7. The second kappa shape index (κ2) is 7.96. The summed E-state index contributed by atoms with van der Waals surface area (Å²) in [6.45, 7) is 5.15. The molecule has 140 valence electrons. The number of halogens is 1. The Labute approximate surface area is 166 Å². The van der Waals surface area contributed by atoms with E-state index in [9.17, 15) is 9.59 Å². The van der Waals surface area contributed by atoms with Gasteiger partial charge in [0.15, 0.2) is 12.4 Å². The molecule has 0 N–H and O–H groups in total. The van der Waals surface area contributed by atoms with Crippen LogP contribution in [0.4, 0.5) is 0 Å². The van der Waals surface area contributed by atoms with Crippen LogP contribution in [0.25, 0.3) is 6.08 Å². The molecule has 0 atom stereocenters. The number of allylic oxidation sites excluding steroid dienone is 1. The molecular formula is C21H19BrO5. The van der Waals surface area contributed by atoms with E-state index < -0.39 is 5.97 Å². The van der Waals surface area contributed by atoms with Gasteiger partial charge in [-0.1, -0.05) is 28.1 Å². The van der Waals surface area contributed by atoms with Crippen molar-refractivity contribution in [3.63, 3.8) is 0 Å². The first-order valence-electron chi connectivity index (χ1n) is 8.50. The Kier molecular flexibility index (Phi) is 5.65. The van der Waals surface area contributed by atoms with Crippen LogP contribution in [0.2, 0.25) is 0 Å². The van der Waals surface area contributed by atoms with Gasteiger partial charge in [-0.15, -0.1) is 0 Å². The zero-order chi connectivity index (χ0) is 19.6. The summed E-state index contributed by atoms with van der Waals surface area (Å²) in [7, 11) is 0. The summed E-state index contributed by atoms with van der Waals surface area (Å²) >= 11 is 3.41. The van der Waals surface area contributed by atoms with Gasteiger partial charge in [-0.2, -0.15) is 0 Å². The van der Waals surface area contributed by atoms with Gasteiger partial charge >= 0.3 is 5.97 Å². The number of fused-ring (bicyclic) bond motifs is 1. The topological polar surface area (TPSA) is 61.8 Å². The molecule has 0 amide bonds. The minimum atomic E-state index is -0.449. The predicted molar refractivity (Wildman–Crippen MR) is 105 cm³/mol. The molecule has 1 aliphatic rings. The standard InChI is InChI=1S/C21H19BrO5/c1-12(2)26-19(23)11-25-16-7-13(3)20-17(10-16)27-18(21(20)24)9-14-5-4-6-15(22)8-14/h4-10,12H,11H2,1-3H3/b18-9-. The molecule has 0 radical (unpaired) electrons. The van der Waals surface area contributed by atoms with Crippen molar-refractivity contribution in [2.45, 2.75) is 26.9 Å². The van der Waals surface area contributed by atoms with E-state index in [1.54, 1.807) is 39.0 Å². The molecule has 0 saturated heterocycles. The number of carbonyl (C=O) groups excluding carboxylic acids is 2. The molecule has 5 nitrogen and oxygen atoms in total. The number of esters is 1. The average Bonchev–Trinajstić information content (AvgIpc) is 2.88. The number of rotatable bonds is 5. The minimum Gasteiger partial charge on any atom is -0.482 e. The number of hydrogen-bond donors (Lipinski definition) is 0. The first-order valence-corrected chi connectivity index (χ1v) is 9.29. The van der Waals surface area contributed by atoms with E-state index in [2.05, 4.69) is 15.9 Å². The van der Waals surface area contributed by atoms with Gasteiger partial charge in [0.1, 0.15) is 11.5 Å². The Morgan fingerprint density at radius 1 is 1.26 bits per heavy atom. The van der Waals surface area contributed by atoms with Crippen molar-refractivity contribution in [1.82, 2.24) is 0 Å². The fourth-order valence-electron chi connectivity index (χ4n) is 2.75. The summed E-state index contributed by atoms with van der Waals surface area (Å²) in [4.78, 5) is 24.3. The lowest BCUT2D eigenvalue weighted by molar-refractivity contribution is -0.149. The van der Waals surface area contributed by atoms with Crippen molar-refractivity contribution in [2.24, 2.45) is 0 Å². The van der Waals surface area contributed by atoms with Gasteiger partial charge in [0.2, 0.25) is 5.78 Å². The average molecular weight is 431 g/mol. The molecule has 1 heterocycles. The second-order valence-corrected chi connectivity index (χ2v) is 7.35. The SMILES string of the molecule is Cc1cc(OCC(=O)OC(C)C)cc2c1C(=O)/C(=C/c1cccc(Br)c1)O2. The number of carbonyl (C=O) groups is 2. The van der Waals surface area contributed by atoms with Crippen molar-refractivity contribution in [3.8, 4) is 11.5 Å². The van der Waals surface area contributed by atoms with Crippen LogP contribution in [0.15, 0.2) is 46.6 Å². The normalized spacial score (nSPS) is 14.3. The van der Waals surface area contributed by atoms with Gasteiger partial charge in [-0.3, -0.25) is 4.79 Å². The van der Waals surface area contributed by atoms with Crippen LogP contribution in [0, 0.1) is 6.92 Å². The summed E-state index contributed by atoms with van der Waals surface area (Å²) in [5.74, 6) is 0.503. The van der Waals surface area contributed by atoms with Gasteiger partial charge in [0, 0.05) is 10.5 Å². The number of hydrogen-bond acceptors (Lipinski definition) is 5. The summed E-state index contributed by atoms with van der Waals surface area (Å²) in [6, 6.07) is 10.9. The van der Waals surface area contributed by atoms with Crippen LogP contribution in [-0.2, 0) is 9.53 Å². The zero-order valence-electron chi connectivity index (χ0n) is 15.2. The smallest absolute Gasteiger partial charge is 0.344 e. The summed E-state index contributed by atoms with van der Waals surface area (Å²) in [5.41, 5.74) is 2.09. The van der Waals surface area contributed by atoms with Gasteiger partial charge in [0.05, 0.1) is 11.7 Å². The molecule has 0 bridgehead atoms. The summed E-state index contributed by atoms with van der Waals surface area (Å²) in [5, 5.41) is 0. The highest BCUT2D eigenvalue weighted by Crippen LogP contribution is 2.37. The highest BCUT2D eigenvalue weighted by atomic mass is 79.9. The lowest BCUT2D eigenvalue weighted by Gasteiger charge is -2.10. The van der Waals surface area contributed by atoms with Crippen molar-refractivity contribution < 1.29 is 23.8 Å². The third-order valence-corrected chi connectivity index (χ3v) is 4.31. The number of benzene rings is 2. The molecule has 0 unspecified atom stereocenters. The minimum absolute atomic E-state index is 0.173. The van der Waals surface area contributed by atoms with E-state index in [1.807, 2.05) is 24.3 Å². The van der Waals surface area contributed by atoms with Crippen LogP contribution >= 0.6 is 15.9 Å². The summed E-state index contributed by atoms with van der Waals surface area (Å²) < 4.78 is 17.2. The molecule has 2 aromatic rings. The van der Waals surface area contributed by atoms with E-state index in [4.69, 9.17) is 14.2 Å². The highest BCUT2D eigenvalue weighted by Gasteiger charge is 2.30. The van der Waals surface area contributed by atoms with Crippen LogP contribution < -0.4 is 9.47 Å². The van der Waals surface area contributed by atoms with Crippen LogP contribution in [0.5, 0.6) is 11.5 Å². The molecule has 0 aliphatic carbocycles. The van der Waals surface area contributed by atoms with Gasteiger partial charge in [-0.25, -0.2) is 4.79 Å². The quantitative estimate of drug-likeness (QED) is 0.507. The van der Waals surface area contributed by atoms with Crippen LogP contribution in [0.1, 0.15) is 35.3 Å². The van der Waals surface area contributed by atoms with Crippen molar-refractivity contribution in [1.29, 1.82) is 0 Å². The molecule has 1 aliphatic heterocycles. The molecule has 2 aromatic carbocycles. The number of ether oxygens (including phenoxy) is 3. The Balaban J connectivity index is 1.80. The van der Waals surface area contributed by atoms with Gasteiger partial charge in [0.25, 0.3) is 0 Å². The summed E-state index contributed by atoms with van der Waals surface area (Å²) in [6.07, 6.45) is 1.50. The third-order valence-electron chi connectivity index (χ3n) is 3.81. The first kappa shape index (κ1) is 19.2. The van der Waals surface area contributed by atoms with Gasteiger partial charge in [-0.05, 0) is 56.2 Å².